The molecule has 3 N–H and O–H groups in total. The molecule has 0 spiro atoms. The van der Waals surface area contributed by atoms with Crippen molar-refractivity contribution in [2.45, 2.75) is 90.3 Å². The third kappa shape index (κ3) is 11.5. The average molecular weight is 770 g/mol. The molecule has 0 radical (unpaired) electrons. The summed E-state index contributed by atoms with van der Waals surface area (Å²) in [5.41, 5.74) is 0.453. The Hall–Kier alpha value is -4.11. The summed E-state index contributed by atoms with van der Waals surface area (Å²) in [6.45, 7) is 9.14. The zero-order chi connectivity index (χ0) is 41.1. The molecule has 3 rings (SSSR count). The number of nitrogens with zero attached hydrogens (tertiary/aromatic N) is 3. The average Bonchev–Trinajstić information content (AvgIpc) is 3.55. The molecule has 14 heteroatoms. The Bertz CT molecular complexity index is 1630. The minimum absolute atomic E-state index is 0.0398. The van der Waals surface area contributed by atoms with Gasteiger partial charge in [0.15, 0.2) is 5.78 Å². The highest BCUT2D eigenvalue weighted by atomic mass is 16.5. The Morgan fingerprint density at radius 3 is 2.11 bits per heavy atom. The van der Waals surface area contributed by atoms with Gasteiger partial charge in [0.05, 0.1) is 69.0 Å². The van der Waals surface area contributed by atoms with Crippen LogP contribution in [0.5, 0.6) is 5.75 Å². The number of likely N-dealkylation sites (tertiary alicyclic amines) is 1. The minimum atomic E-state index is -0.840. The van der Waals surface area contributed by atoms with Gasteiger partial charge in [-0.05, 0) is 61.3 Å². The molecule has 0 saturated carbocycles. The van der Waals surface area contributed by atoms with Gasteiger partial charge in [0.1, 0.15) is 5.75 Å². The maximum atomic E-state index is 14.1. The van der Waals surface area contributed by atoms with E-state index in [1.807, 2.05) is 71.0 Å². The van der Waals surface area contributed by atoms with Crippen LogP contribution in [-0.2, 0) is 28.7 Å². The molecule has 0 aromatic heterocycles. The second-order valence-electron chi connectivity index (χ2n) is 15.3. The number of rotatable bonds is 20. The molecule has 6 unspecified atom stereocenters. The first-order valence-corrected chi connectivity index (χ1v) is 19.1. The molecule has 0 bridgehead atoms. The number of Topliss-reactive ketones (excluding diaryl/α,β-unsaturated/α-hetero) is 1. The van der Waals surface area contributed by atoms with Crippen molar-refractivity contribution in [1.29, 1.82) is 0 Å². The summed E-state index contributed by atoms with van der Waals surface area (Å²) >= 11 is 0. The van der Waals surface area contributed by atoms with Gasteiger partial charge in [0.25, 0.3) is 0 Å². The Morgan fingerprint density at radius 1 is 0.891 bits per heavy atom. The zero-order valence-corrected chi connectivity index (χ0v) is 34.5. The van der Waals surface area contributed by atoms with E-state index in [2.05, 4.69) is 10.6 Å². The van der Waals surface area contributed by atoms with Gasteiger partial charge in [-0.1, -0.05) is 59.2 Å². The van der Waals surface area contributed by atoms with Crippen LogP contribution in [0.2, 0.25) is 0 Å². The second kappa shape index (κ2) is 20.7. The van der Waals surface area contributed by atoms with E-state index in [1.165, 1.54) is 19.1 Å². The van der Waals surface area contributed by atoms with Crippen molar-refractivity contribution in [2.75, 3.05) is 62.1 Å². The van der Waals surface area contributed by atoms with E-state index >= 15 is 0 Å². The van der Waals surface area contributed by atoms with Crippen molar-refractivity contribution in [3.8, 4) is 5.75 Å². The largest absolute Gasteiger partial charge is 0.497 e. The predicted molar refractivity (Wildman–Crippen MR) is 211 cm³/mol. The van der Waals surface area contributed by atoms with E-state index in [-0.39, 0.29) is 67.8 Å². The number of likely N-dealkylation sites (N-methyl/N-ethyl adjacent to an activating group) is 2. The lowest BCUT2D eigenvalue weighted by Gasteiger charge is -2.39. The SMILES string of the molecule is CC[C@H](C)C(C(CC(=O)N1CC(O)C[C@H]1C(OC)C(C)C(=O)NCC(=O)c1ccc2cc(OC)ccc2c1)OC)N(C)C(=O)CNC(=O)C(C(C)C)N(C)C. The highest BCUT2D eigenvalue weighted by molar-refractivity contribution is 6.02. The van der Waals surface area contributed by atoms with Crippen LogP contribution in [0.25, 0.3) is 10.8 Å². The van der Waals surface area contributed by atoms with E-state index in [9.17, 15) is 29.1 Å². The number of ether oxygens (including phenoxy) is 3. The van der Waals surface area contributed by atoms with Crippen LogP contribution in [0, 0.1) is 17.8 Å². The van der Waals surface area contributed by atoms with Gasteiger partial charge in [0, 0.05) is 33.4 Å². The van der Waals surface area contributed by atoms with Crippen LogP contribution >= 0.6 is 0 Å². The van der Waals surface area contributed by atoms with Crippen LogP contribution < -0.4 is 15.4 Å². The Morgan fingerprint density at radius 2 is 1.53 bits per heavy atom. The lowest BCUT2D eigenvalue weighted by atomic mass is 9.90. The van der Waals surface area contributed by atoms with E-state index in [0.29, 0.717) is 17.7 Å². The van der Waals surface area contributed by atoms with Gasteiger partial charge in [-0.15, -0.1) is 0 Å². The minimum Gasteiger partial charge on any atom is -0.497 e. The smallest absolute Gasteiger partial charge is 0.242 e. The van der Waals surface area contributed by atoms with Gasteiger partial charge >= 0.3 is 0 Å². The van der Waals surface area contributed by atoms with Crippen molar-refractivity contribution >= 4 is 40.2 Å². The number of hydrogen-bond donors (Lipinski definition) is 3. The van der Waals surface area contributed by atoms with E-state index in [0.717, 1.165) is 10.8 Å². The second-order valence-corrected chi connectivity index (χ2v) is 15.3. The number of benzene rings is 2. The summed E-state index contributed by atoms with van der Waals surface area (Å²) in [7, 11) is 9.83. The summed E-state index contributed by atoms with van der Waals surface area (Å²) in [5.74, 6) is -1.66. The number of ketones is 1. The highest BCUT2D eigenvalue weighted by Gasteiger charge is 2.44. The predicted octanol–water partition coefficient (Wildman–Crippen LogP) is 2.74. The van der Waals surface area contributed by atoms with E-state index in [4.69, 9.17) is 14.2 Å². The molecule has 14 nitrogen and oxygen atoms in total. The summed E-state index contributed by atoms with van der Waals surface area (Å²) in [6, 6.07) is 9.33. The molecule has 306 valence electrons. The topological polar surface area (TPSA) is 167 Å². The number of nitrogens with one attached hydrogen (secondary N) is 2. The van der Waals surface area contributed by atoms with Crippen LogP contribution in [0.15, 0.2) is 36.4 Å². The molecule has 2 aromatic rings. The maximum Gasteiger partial charge on any atom is 0.242 e. The molecule has 8 atom stereocenters. The van der Waals surface area contributed by atoms with Gasteiger partial charge in [-0.3, -0.25) is 28.9 Å². The summed E-state index contributed by atoms with van der Waals surface area (Å²) in [4.78, 5) is 71.9. The van der Waals surface area contributed by atoms with Crippen LogP contribution in [0.1, 0.15) is 64.2 Å². The Kier molecular flexibility index (Phi) is 17.0. The number of carbonyl (C=O) groups excluding carboxylic acids is 5. The van der Waals surface area contributed by atoms with Gasteiger partial charge in [-0.2, -0.15) is 0 Å². The van der Waals surface area contributed by atoms with Crippen molar-refractivity contribution in [2.24, 2.45) is 17.8 Å². The van der Waals surface area contributed by atoms with Gasteiger partial charge < -0.3 is 39.8 Å². The molecule has 0 aliphatic carbocycles. The number of aliphatic hydroxyl groups is 1. The number of β-amino-alcohol motifs (C(OH)–C–C–N with tert-alkyl or cyclic N) is 1. The summed E-state index contributed by atoms with van der Waals surface area (Å²) < 4.78 is 17.0. The Balaban J connectivity index is 1.70. The normalized spacial score (nSPS) is 19.1. The highest BCUT2D eigenvalue weighted by Crippen LogP contribution is 2.30. The molecule has 1 aliphatic heterocycles. The number of hydrogen-bond acceptors (Lipinski definition) is 10. The van der Waals surface area contributed by atoms with Crippen LogP contribution in [-0.4, -0.2) is 148 Å². The zero-order valence-electron chi connectivity index (χ0n) is 34.5. The van der Waals surface area contributed by atoms with E-state index < -0.39 is 48.3 Å². The fraction of sp³-hybridized carbons (Fsp3) is 0.634. The quantitative estimate of drug-likeness (QED) is 0.171. The fourth-order valence-electron chi connectivity index (χ4n) is 7.80. The molecular weight excluding hydrogens is 706 g/mol. The first-order chi connectivity index (χ1) is 26.0. The number of methoxy groups -OCH3 is 3. The van der Waals surface area contributed by atoms with Crippen LogP contribution in [0.4, 0.5) is 0 Å². The first kappa shape index (κ1) is 45.3. The molecule has 55 heavy (non-hydrogen) atoms. The molecule has 1 fully saturated rings. The van der Waals surface area contributed by atoms with Crippen molar-refractivity contribution in [3.05, 3.63) is 42.0 Å². The lowest BCUT2D eigenvalue weighted by molar-refractivity contribution is -0.146. The van der Waals surface area contributed by atoms with Gasteiger partial charge in [-0.25, -0.2) is 0 Å². The third-order valence-electron chi connectivity index (χ3n) is 11.0. The third-order valence-corrected chi connectivity index (χ3v) is 11.0. The maximum absolute atomic E-state index is 14.1. The fourth-order valence-corrected chi connectivity index (χ4v) is 7.80. The standard InChI is InChI=1S/C41H63N5O9/c1-12-25(4)38(45(8)36(50)22-43-41(52)37(24(2)3)44(6)7)34(54-10)20-35(49)46-23-30(47)19-32(46)39(55-11)26(5)40(51)42-21-33(48)29-14-13-28-18-31(53-9)16-15-27(28)17-29/h13-18,24-26,30,32,34,37-39,47H,12,19-23H2,1-11H3,(H,42,51)(H,43,52)/t25-,26?,30?,32-,34?,37?,38?,39?/m0/s1. The molecule has 4 amide bonds. The first-order valence-electron chi connectivity index (χ1n) is 19.1. The molecule has 2 aromatic carbocycles. The molecular formula is C41H63N5O9. The van der Waals surface area contributed by atoms with E-state index in [1.54, 1.807) is 38.1 Å². The number of amides is 4. The number of aliphatic hydroxyl groups excluding tert-OH is 1. The van der Waals surface area contributed by atoms with Crippen molar-refractivity contribution < 1.29 is 43.3 Å². The molecule has 1 saturated heterocycles. The summed E-state index contributed by atoms with van der Waals surface area (Å²) in [6.07, 6.45) is -1.55. The number of fused-ring (bicyclic) bond motifs is 1. The van der Waals surface area contributed by atoms with Gasteiger partial charge in [0.2, 0.25) is 23.6 Å². The molecule has 1 aliphatic rings. The monoisotopic (exact) mass is 769 g/mol. The number of carbonyl (C=O) groups is 5. The van der Waals surface area contributed by atoms with Crippen molar-refractivity contribution in [1.82, 2.24) is 25.3 Å². The summed E-state index contributed by atoms with van der Waals surface area (Å²) in [5, 5.41) is 18.1. The van der Waals surface area contributed by atoms with Crippen molar-refractivity contribution in [3.63, 3.8) is 0 Å². The lowest BCUT2D eigenvalue weighted by Crippen LogP contribution is -2.55. The molecule has 1 heterocycles. The Labute approximate surface area is 326 Å². The van der Waals surface area contributed by atoms with Crippen LogP contribution in [0.3, 0.4) is 0 Å².